The zero-order valence-corrected chi connectivity index (χ0v) is 20.5. The second kappa shape index (κ2) is 10.6. The van der Waals surface area contributed by atoms with Gasteiger partial charge in [0.25, 0.3) is 10.0 Å². The number of allylic oxidation sites excluding steroid dienone is 1. The largest absolute Gasteiger partial charge is 0.276 e. The first kappa shape index (κ1) is 24.4. The predicted molar refractivity (Wildman–Crippen MR) is 133 cm³/mol. The molecule has 0 saturated carbocycles. The number of hydrogen-bond donors (Lipinski definition) is 3. The third-order valence-corrected chi connectivity index (χ3v) is 6.87. The number of benzene rings is 2. The van der Waals surface area contributed by atoms with Crippen molar-refractivity contribution in [1.82, 2.24) is 15.2 Å². The zero-order valence-electron chi connectivity index (χ0n) is 18.1. The molecule has 3 aromatic rings. The molecule has 1 aromatic heterocycles. The SMILES string of the molecule is CC(=O)NNc1nc(C)c(C(/C=C\c2ccc(Cl)cc2)=N\NS(=O)(=O)c2ccc(C)cc2)s1. The highest BCUT2D eigenvalue weighted by Gasteiger charge is 2.16. The van der Waals surface area contributed by atoms with E-state index in [1.807, 2.05) is 19.1 Å². The molecule has 33 heavy (non-hydrogen) atoms. The van der Waals surface area contributed by atoms with Gasteiger partial charge in [0.1, 0.15) is 5.71 Å². The number of sulfonamides is 1. The molecule has 11 heteroatoms. The van der Waals surface area contributed by atoms with Crippen LogP contribution in [0.4, 0.5) is 5.13 Å². The maximum atomic E-state index is 12.7. The second-order valence-corrected chi connectivity index (χ2v) is 10.1. The lowest BCUT2D eigenvalue weighted by molar-refractivity contribution is -0.118. The van der Waals surface area contributed by atoms with Gasteiger partial charge in [-0.2, -0.15) is 18.4 Å². The molecule has 0 unspecified atom stereocenters. The van der Waals surface area contributed by atoms with Gasteiger partial charge in [-0.3, -0.25) is 15.6 Å². The van der Waals surface area contributed by atoms with Gasteiger partial charge in [-0.05, 0) is 49.8 Å². The van der Waals surface area contributed by atoms with Crippen molar-refractivity contribution in [2.75, 3.05) is 5.43 Å². The number of hydrazine groups is 1. The molecule has 0 aliphatic carbocycles. The molecule has 2 aromatic carbocycles. The van der Waals surface area contributed by atoms with E-state index in [0.29, 0.717) is 26.4 Å². The third-order valence-electron chi connectivity index (χ3n) is 4.30. The number of hydrogen-bond acceptors (Lipinski definition) is 7. The zero-order chi connectivity index (χ0) is 24.0. The van der Waals surface area contributed by atoms with Crippen LogP contribution in [0.15, 0.2) is 64.6 Å². The minimum atomic E-state index is -3.87. The summed E-state index contributed by atoms with van der Waals surface area (Å²) in [4.78, 5) is 18.6. The molecule has 0 atom stereocenters. The first-order chi connectivity index (χ1) is 15.6. The Morgan fingerprint density at radius 2 is 1.76 bits per heavy atom. The van der Waals surface area contributed by atoms with E-state index >= 15 is 0 Å². The van der Waals surface area contributed by atoms with E-state index < -0.39 is 10.0 Å². The van der Waals surface area contributed by atoms with E-state index in [2.05, 4.69) is 25.8 Å². The van der Waals surface area contributed by atoms with Crippen LogP contribution in [0, 0.1) is 13.8 Å². The van der Waals surface area contributed by atoms with Crippen LogP contribution >= 0.6 is 22.9 Å². The lowest BCUT2D eigenvalue weighted by atomic mass is 10.1. The lowest BCUT2D eigenvalue weighted by Gasteiger charge is -2.06. The second-order valence-electron chi connectivity index (χ2n) is 7.03. The molecule has 0 fully saturated rings. The number of halogens is 1. The number of thiazole rings is 1. The molecule has 0 bridgehead atoms. The van der Waals surface area contributed by atoms with Gasteiger partial charge in [0.2, 0.25) is 11.0 Å². The van der Waals surface area contributed by atoms with E-state index in [0.717, 1.165) is 11.1 Å². The van der Waals surface area contributed by atoms with Gasteiger partial charge < -0.3 is 0 Å². The van der Waals surface area contributed by atoms with E-state index in [1.54, 1.807) is 43.3 Å². The standard InChI is InChI=1S/C22H22ClN5O3S2/c1-14-4-11-19(12-5-14)33(30,31)28-26-20(13-8-17-6-9-18(23)10-7-17)21-15(2)24-22(32-21)27-25-16(3)29/h4-13,28H,1-3H3,(H,24,27)(H,25,29)/b13-8-,26-20-. The summed E-state index contributed by atoms with van der Waals surface area (Å²) in [7, 11) is -3.87. The number of hydrazone groups is 1. The van der Waals surface area contributed by atoms with Gasteiger partial charge in [-0.25, -0.2) is 4.98 Å². The van der Waals surface area contributed by atoms with Gasteiger partial charge >= 0.3 is 0 Å². The fourth-order valence-corrected chi connectivity index (χ4v) is 4.46. The van der Waals surface area contributed by atoms with Crippen molar-refractivity contribution in [2.45, 2.75) is 25.7 Å². The number of amides is 1. The maximum Gasteiger partial charge on any atom is 0.276 e. The predicted octanol–water partition coefficient (Wildman–Crippen LogP) is 4.27. The van der Waals surface area contributed by atoms with E-state index in [1.165, 1.54) is 30.4 Å². The molecule has 0 aliphatic heterocycles. The highest BCUT2D eigenvalue weighted by molar-refractivity contribution is 7.89. The van der Waals surface area contributed by atoms with Crippen LogP contribution in [-0.4, -0.2) is 25.0 Å². The summed E-state index contributed by atoms with van der Waals surface area (Å²) < 4.78 is 25.5. The number of carbonyl (C=O) groups is 1. The highest BCUT2D eigenvalue weighted by atomic mass is 35.5. The van der Waals surface area contributed by atoms with Gasteiger partial charge in [-0.1, -0.05) is 58.8 Å². The average Bonchev–Trinajstić information content (AvgIpc) is 3.14. The maximum absolute atomic E-state index is 12.7. The minimum Gasteiger partial charge on any atom is -0.274 e. The normalized spacial score (nSPS) is 12.1. The Kier molecular flexibility index (Phi) is 7.85. The monoisotopic (exact) mass is 503 g/mol. The number of carbonyl (C=O) groups excluding carboxylic acids is 1. The molecule has 0 saturated heterocycles. The Morgan fingerprint density at radius 1 is 1.09 bits per heavy atom. The molecule has 8 nitrogen and oxygen atoms in total. The smallest absolute Gasteiger partial charge is 0.274 e. The Morgan fingerprint density at radius 3 is 2.39 bits per heavy atom. The van der Waals surface area contributed by atoms with Crippen molar-refractivity contribution in [1.29, 1.82) is 0 Å². The van der Waals surface area contributed by atoms with Crippen LogP contribution in [0.5, 0.6) is 0 Å². The molecule has 0 radical (unpaired) electrons. The number of nitrogens with one attached hydrogen (secondary N) is 3. The molecule has 172 valence electrons. The Labute approximate surface area is 201 Å². The van der Waals surface area contributed by atoms with E-state index in [-0.39, 0.29) is 10.8 Å². The summed E-state index contributed by atoms with van der Waals surface area (Å²) in [5.41, 5.74) is 7.95. The molecule has 1 heterocycles. The van der Waals surface area contributed by atoms with Crippen LogP contribution < -0.4 is 15.7 Å². The fourth-order valence-electron chi connectivity index (χ4n) is 2.62. The Bertz CT molecular complexity index is 1300. The minimum absolute atomic E-state index is 0.104. The third kappa shape index (κ3) is 6.88. The summed E-state index contributed by atoms with van der Waals surface area (Å²) in [5.74, 6) is -0.271. The van der Waals surface area contributed by atoms with Gasteiger partial charge in [0.15, 0.2) is 0 Å². The van der Waals surface area contributed by atoms with Gasteiger partial charge in [-0.15, -0.1) is 0 Å². The quantitative estimate of drug-likeness (QED) is 0.314. The molecule has 0 spiro atoms. The van der Waals surface area contributed by atoms with Crippen LogP contribution in [0.25, 0.3) is 6.08 Å². The Hall–Kier alpha value is -3.21. The van der Waals surface area contributed by atoms with Crippen molar-refractivity contribution >= 4 is 55.8 Å². The van der Waals surface area contributed by atoms with Crippen molar-refractivity contribution in [3.63, 3.8) is 0 Å². The van der Waals surface area contributed by atoms with Crippen LogP contribution in [0.3, 0.4) is 0 Å². The summed E-state index contributed by atoms with van der Waals surface area (Å²) in [6.07, 6.45) is 3.47. The van der Waals surface area contributed by atoms with E-state index in [9.17, 15) is 13.2 Å². The molecule has 1 amide bonds. The summed E-state index contributed by atoms with van der Waals surface area (Å²) in [6.45, 7) is 5.02. The van der Waals surface area contributed by atoms with E-state index in [4.69, 9.17) is 11.6 Å². The van der Waals surface area contributed by atoms with Gasteiger partial charge in [0.05, 0.1) is 15.5 Å². The topological polar surface area (TPSA) is 113 Å². The molecule has 3 N–H and O–H groups in total. The first-order valence-electron chi connectivity index (χ1n) is 9.74. The van der Waals surface area contributed by atoms with Crippen molar-refractivity contribution in [3.05, 3.63) is 81.3 Å². The van der Waals surface area contributed by atoms with Crippen LogP contribution in [-0.2, 0) is 14.8 Å². The number of nitrogens with zero attached hydrogens (tertiary/aromatic N) is 2. The fraction of sp³-hybridized carbons (Fsp3) is 0.136. The molecule has 0 aliphatic rings. The van der Waals surface area contributed by atoms with Crippen LogP contribution in [0.2, 0.25) is 5.02 Å². The van der Waals surface area contributed by atoms with Crippen LogP contribution in [0.1, 0.15) is 28.6 Å². The summed E-state index contributed by atoms with van der Waals surface area (Å²) >= 11 is 7.17. The Balaban J connectivity index is 1.95. The number of anilines is 1. The van der Waals surface area contributed by atoms with Crippen molar-refractivity contribution < 1.29 is 13.2 Å². The summed E-state index contributed by atoms with van der Waals surface area (Å²) in [5, 5.41) is 5.23. The molecular formula is C22H22ClN5O3S2. The number of rotatable bonds is 8. The number of aromatic nitrogens is 1. The molecule has 3 rings (SSSR count). The lowest BCUT2D eigenvalue weighted by Crippen LogP contribution is -2.26. The van der Waals surface area contributed by atoms with Crippen molar-refractivity contribution in [2.24, 2.45) is 5.10 Å². The average molecular weight is 504 g/mol. The van der Waals surface area contributed by atoms with Crippen molar-refractivity contribution in [3.8, 4) is 0 Å². The van der Waals surface area contributed by atoms with Gasteiger partial charge in [0, 0.05) is 11.9 Å². The summed E-state index contributed by atoms with van der Waals surface area (Å²) in [6, 6.07) is 13.6. The molecular weight excluding hydrogens is 482 g/mol. The number of aryl methyl sites for hydroxylation is 2. The first-order valence-corrected chi connectivity index (χ1v) is 12.4. The highest BCUT2D eigenvalue weighted by Crippen LogP contribution is 2.24.